The monoisotopic (exact) mass is 561 g/mol. The second kappa shape index (κ2) is 13.3. The molecular formula is C24H28IN5O3. The minimum Gasteiger partial charge on any atom is -0.459 e. The lowest BCUT2D eigenvalue weighted by Crippen LogP contribution is -2.37. The number of nitrogens with one attached hydrogen (secondary N) is 4. The maximum absolute atomic E-state index is 12.0. The lowest BCUT2D eigenvalue weighted by molar-refractivity contribution is 0.0961. The van der Waals surface area contributed by atoms with Gasteiger partial charge in [-0.2, -0.15) is 0 Å². The normalized spacial score (nSPS) is 10.7. The van der Waals surface area contributed by atoms with E-state index in [2.05, 4.69) is 26.3 Å². The predicted octanol–water partition coefficient (Wildman–Crippen LogP) is 3.42. The van der Waals surface area contributed by atoms with E-state index in [0.717, 1.165) is 17.5 Å². The Morgan fingerprint density at radius 3 is 2.39 bits per heavy atom. The first-order valence-corrected chi connectivity index (χ1v) is 10.3. The van der Waals surface area contributed by atoms with Crippen molar-refractivity contribution < 1.29 is 14.0 Å². The molecule has 2 amide bonds. The summed E-state index contributed by atoms with van der Waals surface area (Å²) in [5.41, 5.74) is 3.46. The van der Waals surface area contributed by atoms with Crippen LogP contribution in [-0.2, 0) is 13.0 Å². The van der Waals surface area contributed by atoms with Crippen molar-refractivity contribution in [3.63, 3.8) is 0 Å². The predicted molar refractivity (Wildman–Crippen MR) is 140 cm³/mol. The Bertz CT molecular complexity index is 1070. The minimum absolute atomic E-state index is 0. The van der Waals surface area contributed by atoms with Crippen molar-refractivity contribution >= 4 is 47.4 Å². The van der Waals surface area contributed by atoms with Crippen LogP contribution in [0.25, 0.3) is 0 Å². The third kappa shape index (κ3) is 7.94. The Hall–Kier alpha value is -3.34. The van der Waals surface area contributed by atoms with E-state index in [1.165, 1.54) is 6.26 Å². The molecule has 0 saturated heterocycles. The summed E-state index contributed by atoms with van der Waals surface area (Å²) >= 11 is 0. The van der Waals surface area contributed by atoms with Crippen LogP contribution in [0.5, 0.6) is 0 Å². The van der Waals surface area contributed by atoms with Crippen LogP contribution in [0.15, 0.2) is 76.3 Å². The van der Waals surface area contributed by atoms with Gasteiger partial charge in [0.2, 0.25) is 0 Å². The summed E-state index contributed by atoms with van der Waals surface area (Å²) < 4.78 is 5.09. The van der Waals surface area contributed by atoms with Gasteiger partial charge in [0.15, 0.2) is 11.7 Å². The molecule has 33 heavy (non-hydrogen) atoms. The minimum atomic E-state index is -0.286. The maximum atomic E-state index is 12.0. The molecule has 1 aromatic heterocycles. The van der Waals surface area contributed by atoms with E-state index in [9.17, 15) is 9.59 Å². The molecule has 174 valence electrons. The van der Waals surface area contributed by atoms with Gasteiger partial charge in [0.05, 0.1) is 6.26 Å². The highest BCUT2D eigenvalue weighted by Gasteiger charge is 2.08. The number of halogens is 1. The molecule has 9 heteroatoms. The number of nitrogens with zero attached hydrogens (tertiary/aromatic N) is 1. The SMILES string of the molecule is CN=C(NCCc1cccc(C(=O)NC)c1)NCc1ccc(NC(=O)c2ccco2)cc1.I. The van der Waals surface area contributed by atoms with Gasteiger partial charge in [-0.25, -0.2) is 0 Å². The zero-order chi connectivity index (χ0) is 22.8. The first kappa shape index (κ1) is 25.9. The molecule has 1 heterocycles. The number of amides is 2. The van der Waals surface area contributed by atoms with Gasteiger partial charge >= 0.3 is 0 Å². The molecule has 8 nitrogen and oxygen atoms in total. The smallest absolute Gasteiger partial charge is 0.291 e. The summed E-state index contributed by atoms with van der Waals surface area (Å²) in [6.45, 7) is 1.26. The average Bonchev–Trinajstić information content (AvgIpc) is 3.37. The highest BCUT2D eigenvalue weighted by atomic mass is 127. The van der Waals surface area contributed by atoms with Gasteiger partial charge in [0.1, 0.15) is 0 Å². The van der Waals surface area contributed by atoms with Gasteiger partial charge in [-0.1, -0.05) is 24.3 Å². The maximum Gasteiger partial charge on any atom is 0.291 e. The number of rotatable bonds is 8. The number of hydrogen-bond acceptors (Lipinski definition) is 4. The van der Waals surface area contributed by atoms with Crippen molar-refractivity contribution in [1.82, 2.24) is 16.0 Å². The summed E-state index contributed by atoms with van der Waals surface area (Å²) in [6.07, 6.45) is 2.22. The molecule has 0 bridgehead atoms. The molecule has 0 fully saturated rings. The number of aliphatic imine (C=N–C) groups is 1. The third-order valence-electron chi connectivity index (χ3n) is 4.76. The topological polar surface area (TPSA) is 108 Å². The number of carbonyl (C=O) groups is 2. The Morgan fingerprint density at radius 1 is 0.939 bits per heavy atom. The van der Waals surface area contributed by atoms with E-state index in [-0.39, 0.29) is 41.6 Å². The van der Waals surface area contributed by atoms with Crippen molar-refractivity contribution in [1.29, 1.82) is 0 Å². The number of furan rings is 1. The fraction of sp³-hybridized carbons (Fsp3) is 0.208. The number of anilines is 1. The quantitative estimate of drug-likeness (QED) is 0.192. The summed E-state index contributed by atoms with van der Waals surface area (Å²) in [7, 11) is 3.34. The van der Waals surface area contributed by atoms with Crippen molar-refractivity contribution in [3.8, 4) is 0 Å². The van der Waals surface area contributed by atoms with E-state index in [1.54, 1.807) is 32.3 Å². The van der Waals surface area contributed by atoms with Crippen LogP contribution in [0.1, 0.15) is 32.0 Å². The lowest BCUT2D eigenvalue weighted by atomic mass is 10.1. The fourth-order valence-electron chi connectivity index (χ4n) is 3.05. The van der Waals surface area contributed by atoms with Crippen LogP contribution >= 0.6 is 24.0 Å². The number of guanidine groups is 1. The van der Waals surface area contributed by atoms with E-state index >= 15 is 0 Å². The van der Waals surface area contributed by atoms with Gasteiger partial charge in [0, 0.05) is 38.4 Å². The van der Waals surface area contributed by atoms with Crippen LogP contribution < -0.4 is 21.3 Å². The molecule has 2 aromatic carbocycles. The van der Waals surface area contributed by atoms with Gasteiger partial charge in [-0.05, 0) is 53.9 Å². The molecule has 0 aliphatic heterocycles. The van der Waals surface area contributed by atoms with E-state index in [0.29, 0.717) is 30.3 Å². The first-order chi connectivity index (χ1) is 15.6. The summed E-state index contributed by atoms with van der Waals surface area (Å²) in [5.74, 6) is 0.573. The van der Waals surface area contributed by atoms with Crippen molar-refractivity contribution in [2.45, 2.75) is 13.0 Å². The van der Waals surface area contributed by atoms with Gasteiger partial charge in [0.25, 0.3) is 11.8 Å². The van der Waals surface area contributed by atoms with E-state index in [1.807, 2.05) is 42.5 Å². The van der Waals surface area contributed by atoms with Crippen molar-refractivity contribution in [3.05, 3.63) is 89.4 Å². The van der Waals surface area contributed by atoms with Crippen molar-refractivity contribution in [2.75, 3.05) is 26.0 Å². The number of carbonyl (C=O) groups excluding carboxylic acids is 2. The molecular weight excluding hydrogens is 533 g/mol. The Kier molecular flexibility index (Phi) is 10.4. The van der Waals surface area contributed by atoms with Crippen LogP contribution in [-0.4, -0.2) is 38.4 Å². The molecule has 4 N–H and O–H groups in total. The Balaban J connectivity index is 0.00000385. The second-order valence-electron chi connectivity index (χ2n) is 7.01. The van der Waals surface area contributed by atoms with E-state index in [4.69, 9.17) is 4.42 Å². The molecule has 3 rings (SSSR count). The zero-order valence-corrected chi connectivity index (χ0v) is 20.9. The molecule has 0 aliphatic rings. The molecule has 0 aliphatic carbocycles. The van der Waals surface area contributed by atoms with Crippen LogP contribution in [0.4, 0.5) is 5.69 Å². The molecule has 0 saturated carbocycles. The molecule has 3 aromatic rings. The molecule has 0 unspecified atom stereocenters. The molecule has 0 spiro atoms. The second-order valence-corrected chi connectivity index (χ2v) is 7.01. The summed E-state index contributed by atoms with van der Waals surface area (Å²) in [6, 6.07) is 18.4. The van der Waals surface area contributed by atoms with Crippen LogP contribution in [0.3, 0.4) is 0 Å². The molecule has 0 radical (unpaired) electrons. The third-order valence-corrected chi connectivity index (χ3v) is 4.76. The Labute approximate surface area is 210 Å². The largest absolute Gasteiger partial charge is 0.459 e. The lowest BCUT2D eigenvalue weighted by Gasteiger charge is -2.13. The van der Waals surface area contributed by atoms with Gasteiger partial charge in [-0.15, -0.1) is 24.0 Å². The Morgan fingerprint density at radius 2 is 1.73 bits per heavy atom. The fourth-order valence-corrected chi connectivity index (χ4v) is 3.05. The zero-order valence-electron chi connectivity index (χ0n) is 18.6. The number of hydrogen-bond donors (Lipinski definition) is 4. The number of benzene rings is 2. The standard InChI is InChI=1S/C24H27N5O3.HI/c1-25-22(30)19-6-3-5-17(15-19)12-13-27-24(26-2)28-16-18-8-10-20(11-9-18)29-23(31)21-7-4-14-32-21;/h3-11,14-15H,12-13,16H2,1-2H3,(H,25,30)(H,29,31)(H2,26,27,28);1H. The highest BCUT2D eigenvalue weighted by Crippen LogP contribution is 2.12. The van der Waals surface area contributed by atoms with Gasteiger partial charge in [-0.3, -0.25) is 14.6 Å². The molecule has 0 atom stereocenters. The summed E-state index contributed by atoms with van der Waals surface area (Å²) in [4.78, 5) is 28.0. The van der Waals surface area contributed by atoms with E-state index < -0.39 is 0 Å². The average molecular weight is 561 g/mol. The van der Waals surface area contributed by atoms with Gasteiger partial charge < -0.3 is 25.7 Å². The first-order valence-electron chi connectivity index (χ1n) is 10.3. The van der Waals surface area contributed by atoms with Crippen LogP contribution in [0.2, 0.25) is 0 Å². The highest BCUT2D eigenvalue weighted by molar-refractivity contribution is 14.0. The van der Waals surface area contributed by atoms with Crippen molar-refractivity contribution in [2.24, 2.45) is 4.99 Å². The summed E-state index contributed by atoms with van der Waals surface area (Å²) in [5, 5.41) is 12.0. The van der Waals surface area contributed by atoms with Crippen LogP contribution in [0, 0.1) is 0 Å².